The Balaban J connectivity index is 1.71. The number of rotatable bonds is 6. The number of sulfone groups is 1. The Morgan fingerprint density at radius 1 is 1.13 bits per heavy atom. The lowest BCUT2D eigenvalue weighted by Gasteiger charge is -2.10. The molecular formula is C20H19N3O6S. The van der Waals surface area contributed by atoms with Crippen molar-refractivity contribution in [2.24, 2.45) is 0 Å². The van der Waals surface area contributed by atoms with Crippen LogP contribution in [0, 0.1) is 0 Å². The van der Waals surface area contributed by atoms with Gasteiger partial charge in [-0.05, 0) is 30.3 Å². The van der Waals surface area contributed by atoms with E-state index in [-0.39, 0.29) is 27.6 Å². The van der Waals surface area contributed by atoms with E-state index in [1.165, 1.54) is 19.2 Å². The third-order valence-electron chi connectivity index (χ3n) is 4.42. The highest BCUT2D eigenvalue weighted by Gasteiger charge is 2.17. The minimum atomic E-state index is -3.53. The molecular weight excluding hydrogens is 410 g/mol. The number of aromatic nitrogens is 1. The molecule has 30 heavy (non-hydrogen) atoms. The molecule has 2 amide bonds. The second-order valence-electron chi connectivity index (χ2n) is 6.39. The van der Waals surface area contributed by atoms with Crippen LogP contribution in [-0.4, -0.2) is 42.6 Å². The summed E-state index contributed by atoms with van der Waals surface area (Å²) in [7, 11) is -3.53. The van der Waals surface area contributed by atoms with Crippen LogP contribution >= 0.6 is 0 Å². The average Bonchev–Trinajstić information content (AvgIpc) is 2.74. The monoisotopic (exact) mass is 429 g/mol. The van der Waals surface area contributed by atoms with Crippen LogP contribution in [0.25, 0.3) is 10.9 Å². The van der Waals surface area contributed by atoms with E-state index < -0.39 is 33.6 Å². The Morgan fingerprint density at radius 2 is 1.87 bits per heavy atom. The van der Waals surface area contributed by atoms with Crippen LogP contribution in [0.15, 0.2) is 58.4 Å². The molecule has 0 saturated heterocycles. The third kappa shape index (κ3) is 4.33. The van der Waals surface area contributed by atoms with Gasteiger partial charge in [0.25, 0.3) is 5.91 Å². The molecule has 9 nitrogen and oxygen atoms in total. The summed E-state index contributed by atoms with van der Waals surface area (Å²) in [5, 5.41) is 14.9. The average molecular weight is 429 g/mol. The number of fused-ring (bicyclic) bond motifs is 1. The molecule has 0 aliphatic heterocycles. The van der Waals surface area contributed by atoms with Crippen molar-refractivity contribution in [3.63, 3.8) is 0 Å². The summed E-state index contributed by atoms with van der Waals surface area (Å²) >= 11 is 0. The lowest BCUT2D eigenvalue weighted by Crippen LogP contribution is -2.35. The van der Waals surface area contributed by atoms with Gasteiger partial charge in [-0.25, -0.2) is 8.42 Å². The van der Waals surface area contributed by atoms with Crippen molar-refractivity contribution in [3.05, 3.63) is 64.4 Å². The Kier molecular flexibility index (Phi) is 5.88. The first-order valence-electron chi connectivity index (χ1n) is 8.97. The molecule has 0 aliphatic carbocycles. The van der Waals surface area contributed by atoms with Crippen molar-refractivity contribution >= 4 is 38.2 Å². The minimum absolute atomic E-state index is 0.0511. The Hall–Kier alpha value is -3.66. The second kappa shape index (κ2) is 8.37. The van der Waals surface area contributed by atoms with Crippen LogP contribution in [0.2, 0.25) is 0 Å². The van der Waals surface area contributed by atoms with Gasteiger partial charge >= 0.3 is 0 Å². The summed E-state index contributed by atoms with van der Waals surface area (Å²) in [4.78, 5) is 39.7. The number of amides is 2. The van der Waals surface area contributed by atoms with E-state index >= 15 is 0 Å². The maximum atomic E-state index is 12.4. The molecule has 0 atom stereocenters. The lowest BCUT2D eigenvalue weighted by atomic mass is 10.1. The Labute approximate surface area is 171 Å². The number of para-hydroxylation sites is 1. The first kappa shape index (κ1) is 21.1. The zero-order valence-electron chi connectivity index (χ0n) is 15.9. The van der Waals surface area contributed by atoms with Crippen molar-refractivity contribution in [2.75, 3.05) is 17.6 Å². The molecule has 1 heterocycles. The number of anilines is 1. The summed E-state index contributed by atoms with van der Waals surface area (Å²) in [6.45, 7) is 0.986. The number of hydrogen-bond acceptors (Lipinski definition) is 6. The van der Waals surface area contributed by atoms with Crippen LogP contribution in [0.4, 0.5) is 5.69 Å². The highest BCUT2D eigenvalue weighted by molar-refractivity contribution is 7.91. The van der Waals surface area contributed by atoms with Gasteiger partial charge < -0.3 is 20.7 Å². The van der Waals surface area contributed by atoms with E-state index in [4.69, 9.17) is 0 Å². The van der Waals surface area contributed by atoms with Crippen LogP contribution in [0.5, 0.6) is 5.75 Å². The van der Waals surface area contributed by atoms with Crippen molar-refractivity contribution in [1.82, 2.24) is 10.3 Å². The van der Waals surface area contributed by atoms with E-state index in [1.54, 1.807) is 24.3 Å². The SMILES string of the molecule is CCS(=O)(=O)c1ccc(O)c(NC(=O)CNC(=O)c2c[nH]c3ccccc3c2=O)c1. The number of phenols is 1. The predicted octanol–water partition coefficient (Wildman–Crippen LogP) is 1.40. The lowest BCUT2D eigenvalue weighted by molar-refractivity contribution is -0.115. The minimum Gasteiger partial charge on any atom is -0.506 e. The van der Waals surface area contributed by atoms with Gasteiger partial charge in [-0.1, -0.05) is 19.1 Å². The van der Waals surface area contributed by atoms with Gasteiger partial charge in [-0.2, -0.15) is 0 Å². The number of carbonyl (C=O) groups excluding carboxylic acids is 2. The van der Waals surface area contributed by atoms with Crippen molar-refractivity contribution in [3.8, 4) is 5.75 Å². The normalized spacial score (nSPS) is 11.2. The van der Waals surface area contributed by atoms with Crippen molar-refractivity contribution < 1.29 is 23.1 Å². The van der Waals surface area contributed by atoms with Gasteiger partial charge in [0.1, 0.15) is 11.3 Å². The topological polar surface area (TPSA) is 145 Å². The second-order valence-corrected chi connectivity index (χ2v) is 8.67. The van der Waals surface area contributed by atoms with Crippen LogP contribution in [-0.2, 0) is 14.6 Å². The zero-order valence-corrected chi connectivity index (χ0v) is 16.7. The van der Waals surface area contributed by atoms with Gasteiger partial charge in [0.2, 0.25) is 11.3 Å². The summed E-state index contributed by atoms with van der Waals surface area (Å²) < 4.78 is 23.9. The molecule has 1 aromatic heterocycles. The molecule has 3 rings (SSSR count). The number of H-pyrrole nitrogens is 1. The number of aromatic amines is 1. The smallest absolute Gasteiger partial charge is 0.257 e. The molecule has 0 bridgehead atoms. The number of aromatic hydroxyl groups is 1. The largest absolute Gasteiger partial charge is 0.506 e. The van der Waals surface area contributed by atoms with E-state index in [0.717, 1.165) is 12.1 Å². The van der Waals surface area contributed by atoms with Crippen LogP contribution < -0.4 is 16.1 Å². The van der Waals surface area contributed by atoms with Crippen molar-refractivity contribution in [2.45, 2.75) is 11.8 Å². The molecule has 3 aromatic rings. The molecule has 0 saturated carbocycles. The number of nitrogens with one attached hydrogen (secondary N) is 3. The summed E-state index contributed by atoms with van der Waals surface area (Å²) in [5.74, 6) is -1.91. The summed E-state index contributed by atoms with van der Waals surface area (Å²) in [5.41, 5.74) is -0.153. The fraction of sp³-hybridized carbons (Fsp3) is 0.150. The highest BCUT2D eigenvalue weighted by atomic mass is 32.2. The molecule has 4 N–H and O–H groups in total. The maximum Gasteiger partial charge on any atom is 0.257 e. The third-order valence-corrected chi connectivity index (χ3v) is 6.16. The van der Waals surface area contributed by atoms with Gasteiger partial charge in [0.05, 0.1) is 22.9 Å². The Bertz CT molecular complexity index is 1300. The molecule has 2 aromatic carbocycles. The molecule has 0 fully saturated rings. The molecule has 0 spiro atoms. The fourth-order valence-corrected chi connectivity index (χ4v) is 3.67. The van der Waals surface area contributed by atoms with Crippen LogP contribution in [0.1, 0.15) is 17.3 Å². The fourth-order valence-electron chi connectivity index (χ4n) is 2.76. The van der Waals surface area contributed by atoms with Crippen LogP contribution in [0.3, 0.4) is 0 Å². The maximum absolute atomic E-state index is 12.4. The van der Waals surface area contributed by atoms with Gasteiger partial charge in [-0.15, -0.1) is 0 Å². The number of hydrogen-bond donors (Lipinski definition) is 4. The Morgan fingerprint density at radius 3 is 2.60 bits per heavy atom. The van der Waals surface area contributed by atoms with Gasteiger partial charge in [0, 0.05) is 17.1 Å². The summed E-state index contributed by atoms with van der Waals surface area (Å²) in [6, 6.07) is 10.2. The van der Waals surface area contributed by atoms with Gasteiger partial charge in [0.15, 0.2) is 9.84 Å². The zero-order chi connectivity index (χ0) is 21.9. The van der Waals surface area contributed by atoms with Gasteiger partial charge in [-0.3, -0.25) is 14.4 Å². The molecule has 156 valence electrons. The van der Waals surface area contributed by atoms with E-state index in [9.17, 15) is 27.9 Å². The summed E-state index contributed by atoms with van der Waals surface area (Å²) in [6.07, 6.45) is 1.27. The number of phenolic OH excluding ortho intramolecular Hbond substituents is 1. The number of carbonyl (C=O) groups is 2. The van der Waals surface area contributed by atoms with E-state index in [2.05, 4.69) is 15.6 Å². The predicted molar refractivity (Wildman–Crippen MR) is 111 cm³/mol. The standard InChI is InChI=1S/C20H19N3O6S/c1-2-30(28,29)12-7-8-17(24)16(9-12)23-18(25)11-22-20(27)14-10-21-15-6-4-3-5-13(15)19(14)26/h3-10,24H,2,11H2,1H3,(H,21,26)(H,22,27)(H,23,25). The molecule has 0 aliphatic rings. The quantitative estimate of drug-likeness (QED) is 0.436. The van der Waals surface area contributed by atoms with E-state index in [0.29, 0.717) is 10.9 Å². The molecule has 10 heteroatoms. The number of pyridine rings is 1. The molecule has 0 radical (unpaired) electrons. The molecule has 0 unspecified atom stereocenters. The first-order valence-corrected chi connectivity index (χ1v) is 10.6. The number of benzene rings is 2. The highest BCUT2D eigenvalue weighted by Crippen LogP contribution is 2.26. The first-order chi connectivity index (χ1) is 14.2. The van der Waals surface area contributed by atoms with E-state index in [1.807, 2.05) is 0 Å². The van der Waals surface area contributed by atoms with Crippen molar-refractivity contribution in [1.29, 1.82) is 0 Å².